The molecule has 0 radical (unpaired) electrons. The number of aromatic nitrogens is 3. The third kappa shape index (κ3) is 5.20. The molecule has 1 aliphatic heterocycles. The molecule has 2 amide bonds. The van der Waals surface area contributed by atoms with Crippen molar-refractivity contribution in [3.8, 4) is 0 Å². The van der Waals surface area contributed by atoms with Gasteiger partial charge in [-0.25, -0.2) is 9.67 Å². The third-order valence-corrected chi connectivity index (χ3v) is 6.63. The van der Waals surface area contributed by atoms with E-state index in [4.69, 9.17) is 23.2 Å². The molecular weight excluding hydrogens is 461 g/mol. The second-order valence-electron chi connectivity index (χ2n) is 8.27. The monoisotopic (exact) mass is 485 g/mol. The number of hydrogen-bond acceptors (Lipinski definition) is 4. The first-order valence-electron chi connectivity index (χ1n) is 10.8. The van der Waals surface area contributed by atoms with Crippen LogP contribution in [0.1, 0.15) is 40.0 Å². The molecular formula is C24H25Cl2N5O2. The average molecular weight is 486 g/mol. The molecule has 1 N–H and O–H groups in total. The maximum Gasteiger partial charge on any atom is 0.258 e. The molecule has 33 heavy (non-hydrogen) atoms. The zero-order valence-electron chi connectivity index (χ0n) is 18.5. The number of carbonyl (C=O) groups excluding carboxylic acids is 2. The van der Waals surface area contributed by atoms with Crippen LogP contribution in [0.4, 0.5) is 5.82 Å². The van der Waals surface area contributed by atoms with Crippen molar-refractivity contribution in [2.75, 3.05) is 18.4 Å². The highest BCUT2D eigenvalue weighted by atomic mass is 35.5. The van der Waals surface area contributed by atoms with E-state index in [-0.39, 0.29) is 17.7 Å². The molecule has 0 bridgehead atoms. The van der Waals surface area contributed by atoms with Gasteiger partial charge in [-0.05, 0) is 56.0 Å². The fraction of sp³-hybridized carbons (Fsp3) is 0.333. The summed E-state index contributed by atoms with van der Waals surface area (Å²) in [6.45, 7) is 5.05. The largest absolute Gasteiger partial charge is 0.338 e. The lowest BCUT2D eigenvalue weighted by atomic mass is 9.95. The van der Waals surface area contributed by atoms with Crippen LogP contribution in [-0.2, 0) is 11.3 Å². The van der Waals surface area contributed by atoms with Gasteiger partial charge in [0.2, 0.25) is 5.91 Å². The summed E-state index contributed by atoms with van der Waals surface area (Å²) in [5.41, 5.74) is 2.87. The van der Waals surface area contributed by atoms with Gasteiger partial charge >= 0.3 is 0 Å². The van der Waals surface area contributed by atoms with Gasteiger partial charge < -0.3 is 10.2 Å². The summed E-state index contributed by atoms with van der Waals surface area (Å²) in [7, 11) is 0. The van der Waals surface area contributed by atoms with Crippen LogP contribution in [0.3, 0.4) is 0 Å². The quantitative estimate of drug-likeness (QED) is 0.565. The van der Waals surface area contributed by atoms with Gasteiger partial charge in [-0.1, -0.05) is 41.4 Å². The fourth-order valence-corrected chi connectivity index (χ4v) is 4.54. The molecule has 172 valence electrons. The molecule has 3 heterocycles. The minimum absolute atomic E-state index is 0.0676. The number of pyridine rings is 1. The van der Waals surface area contributed by atoms with Crippen LogP contribution in [0, 0.1) is 19.8 Å². The number of carbonyl (C=O) groups is 2. The van der Waals surface area contributed by atoms with Crippen molar-refractivity contribution in [3.63, 3.8) is 0 Å². The van der Waals surface area contributed by atoms with E-state index in [1.165, 1.54) is 0 Å². The topological polar surface area (TPSA) is 80.1 Å². The Labute approximate surface area is 202 Å². The summed E-state index contributed by atoms with van der Waals surface area (Å²) in [6, 6.07) is 11.2. The van der Waals surface area contributed by atoms with Crippen LogP contribution in [0.2, 0.25) is 10.2 Å². The van der Waals surface area contributed by atoms with E-state index in [0.717, 1.165) is 11.1 Å². The standard InChI is InChI=1S/C24H25Cl2N5O2/c1-15-7-10-27-20(13-15)28-23(32)17-8-11-30(12-9-17)24(33)21-16(2)29-31(22(21)26)14-18-5-3-4-6-19(18)25/h3-7,10,13,17H,8-9,11-12,14H2,1-2H3,(H,27,28,32). The molecule has 4 rings (SSSR count). The summed E-state index contributed by atoms with van der Waals surface area (Å²) in [5, 5.41) is 8.26. The highest BCUT2D eigenvalue weighted by Crippen LogP contribution is 2.27. The van der Waals surface area contributed by atoms with Gasteiger partial charge in [0.25, 0.3) is 5.91 Å². The summed E-state index contributed by atoms with van der Waals surface area (Å²) < 4.78 is 1.60. The number of aryl methyl sites for hydroxylation is 2. The molecule has 0 spiro atoms. The smallest absolute Gasteiger partial charge is 0.258 e. The van der Waals surface area contributed by atoms with E-state index in [1.54, 1.807) is 22.7 Å². The Morgan fingerprint density at radius 2 is 1.85 bits per heavy atom. The number of likely N-dealkylation sites (tertiary alicyclic amines) is 1. The van der Waals surface area contributed by atoms with Crippen LogP contribution in [0.5, 0.6) is 0 Å². The summed E-state index contributed by atoms with van der Waals surface area (Å²) in [6.07, 6.45) is 2.83. The maximum absolute atomic E-state index is 13.2. The summed E-state index contributed by atoms with van der Waals surface area (Å²) in [5.74, 6) is 0.145. The Bertz CT molecular complexity index is 1190. The van der Waals surface area contributed by atoms with E-state index >= 15 is 0 Å². The minimum Gasteiger partial charge on any atom is -0.338 e. The van der Waals surface area contributed by atoms with Crippen LogP contribution in [-0.4, -0.2) is 44.6 Å². The van der Waals surface area contributed by atoms with Crippen molar-refractivity contribution < 1.29 is 9.59 Å². The van der Waals surface area contributed by atoms with Gasteiger partial charge in [0, 0.05) is 30.2 Å². The van der Waals surface area contributed by atoms with E-state index < -0.39 is 0 Å². The van der Waals surface area contributed by atoms with E-state index in [9.17, 15) is 9.59 Å². The SMILES string of the molecule is Cc1ccnc(NC(=O)C2CCN(C(=O)c3c(C)nn(Cc4ccccc4Cl)c3Cl)CC2)c1. The van der Waals surface area contributed by atoms with Crippen LogP contribution < -0.4 is 5.32 Å². The first kappa shape index (κ1) is 23.3. The van der Waals surface area contributed by atoms with Gasteiger partial charge in [-0.15, -0.1) is 0 Å². The van der Waals surface area contributed by atoms with Gasteiger partial charge in [0.15, 0.2) is 0 Å². The Kier molecular flexibility index (Phi) is 7.00. The Morgan fingerprint density at radius 3 is 2.55 bits per heavy atom. The van der Waals surface area contributed by atoms with Gasteiger partial charge in [-0.3, -0.25) is 9.59 Å². The minimum atomic E-state index is -0.170. The van der Waals surface area contributed by atoms with Crippen molar-refractivity contribution in [2.45, 2.75) is 33.2 Å². The Balaban J connectivity index is 1.40. The van der Waals surface area contributed by atoms with Crippen molar-refractivity contribution >= 4 is 40.8 Å². The first-order chi connectivity index (χ1) is 15.8. The van der Waals surface area contributed by atoms with Gasteiger partial charge in [0.05, 0.1) is 17.8 Å². The zero-order chi connectivity index (χ0) is 23.5. The van der Waals surface area contributed by atoms with E-state index in [1.807, 2.05) is 43.3 Å². The average Bonchev–Trinajstić information content (AvgIpc) is 3.07. The lowest BCUT2D eigenvalue weighted by Gasteiger charge is -2.31. The molecule has 1 aliphatic rings. The second kappa shape index (κ2) is 9.93. The van der Waals surface area contributed by atoms with Crippen molar-refractivity contribution in [1.29, 1.82) is 0 Å². The third-order valence-electron chi connectivity index (χ3n) is 5.88. The lowest BCUT2D eigenvalue weighted by molar-refractivity contribution is -0.121. The van der Waals surface area contributed by atoms with E-state index in [2.05, 4.69) is 15.4 Å². The Morgan fingerprint density at radius 1 is 1.12 bits per heavy atom. The van der Waals surface area contributed by atoms with Crippen LogP contribution in [0.25, 0.3) is 0 Å². The number of benzene rings is 1. The molecule has 0 aliphatic carbocycles. The molecule has 1 fully saturated rings. The molecule has 3 aromatic rings. The number of piperidine rings is 1. The highest BCUT2D eigenvalue weighted by Gasteiger charge is 2.31. The molecule has 1 aromatic carbocycles. The molecule has 2 aromatic heterocycles. The van der Waals surface area contributed by atoms with Gasteiger partial charge in [0.1, 0.15) is 11.0 Å². The molecule has 7 nitrogen and oxygen atoms in total. The molecule has 9 heteroatoms. The van der Waals surface area contributed by atoms with Gasteiger partial charge in [-0.2, -0.15) is 5.10 Å². The van der Waals surface area contributed by atoms with Crippen molar-refractivity contribution in [1.82, 2.24) is 19.7 Å². The molecule has 0 unspecified atom stereocenters. The van der Waals surface area contributed by atoms with Crippen LogP contribution in [0.15, 0.2) is 42.6 Å². The zero-order valence-corrected chi connectivity index (χ0v) is 20.0. The Hall–Kier alpha value is -2.90. The van der Waals surface area contributed by atoms with Crippen LogP contribution >= 0.6 is 23.2 Å². The van der Waals surface area contributed by atoms with Crippen molar-refractivity contribution in [2.24, 2.45) is 5.92 Å². The van der Waals surface area contributed by atoms with Crippen molar-refractivity contribution in [3.05, 3.63) is 75.2 Å². The molecule has 0 saturated carbocycles. The number of anilines is 1. The van der Waals surface area contributed by atoms with E-state index in [0.29, 0.717) is 59.7 Å². The normalized spacial score (nSPS) is 14.4. The highest BCUT2D eigenvalue weighted by molar-refractivity contribution is 6.33. The number of rotatable bonds is 5. The number of nitrogens with one attached hydrogen (secondary N) is 1. The first-order valence-corrected chi connectivity index (χ1v) is 11.6. The maximum atomic E-state index is 13.2. The fourth-order valence-electron chi connectivity index (χ4n) is 4.02. The number of nitrogens with zero attached hydrogens (tertiary/aromatic N) is 4. The number of halogens is 2. The number of amides is 2. The molecule has 1 saturated heterocycles. The summed E-state index contributed by atoms with van der Waals surface area (Å²) >= 11 is 12.8. The predicted octanol–water partition coefficient (Wildman–Crippen LogP) is 4.74. The summed E-state index contributed by atoms with van der Waals surface area (Å²) in [4.78, 5) is 31.8. The number of hydrogen-bond donors (Lipinski definition) is 1. The lowest BCUT2D eigenvalue weighted by Crippen LogP contribution is -2.41. The second-order valence-corrected chi connectivity index (χ2v) is 9.04. The predicted molar refractivity (Wildman–Crippen MR) is 129 cm³/mol. The molecule has 0 atom stereocenters.